The van der Waals surface area contributed by atoms with E-state index in [1.165, 1.54) is 0 Å². The molecule has 0 saturated carbocycles. The molecule has 3 nitrogen and oxygen atoms in total. The molecule has 0 fully saturated rings. The number of H-pyrrole nitrogens is 1. The van der Waals surface area contributed by atoms with Gasteiger partial charge in [-0.1, -0.05) is 12.2 Å². The molecule has 0 aromatic carbocycles. The van der Waals surface area contributed by atoms with Crippen LogP contribution in [0.1, 0.15) is 5.69 Å². The fourth-order valence-electron chi connectivity index (χ4n) is 1.69. The topological polar surface area (TPSA) is 41.6 Å². The van der Waals surface area contributed by atoms with Crippen LogP contribution >= 0.6 is 23.6 Å². The van der Waals surface area contributed by atoms with E-state index in [4.69, 9.17) is 12.2 Å². The summed E-state index contributed by atoms with van der Waals surface area (Å²) in [6, 6.07) is 5.94. The summed E-state index contributed by atoms with van der Waals surface area (Å²) < 4.78 is 1.76. The van der Waals surface area contributed by atoms with Crippen molar-refractivity contribution in [2.24, 2.45) is 0 Å². The van der Waals surface area contributed by atoms with Gasteiger partial charge in [0.25, 0.3) is 0 Å². The van der Waals surface area contributed by atoms with Crippen molar-refractivity contribution in [3.63, 3.8) is 0 Å². The molecule has 0 atom stereocenters. The maximum Gasteiger partial charge on any atom is 0.140 e. The van der Waals surface area contributed by atoms with Crippen LogP contribution in [0.3, 0.4) is 0 Å². The Morgan fingerprint density at radius 2 is 2.24 bits per heavy atom. The maximum absolute atomic E-state index is 5.12. The van der Waals surface area contributed by atoms with Gasteiger partial charge >= 0.3 is 0 Å². The molecular formula is C12H9N3S2. The molecule has 17 heavy (non-hydrogen) atoms. The minimum absolute atomic E-state index is 0.600. The summed E-state index contributed by atoms with van der Waals surface area (Å²) in [5, 5.41) is 2.04. The van der Waals surface area contributed by atoms with Gasteiger partial charge in [-0.05, 0) is 30.5 Å². The third-order valence-corrected chi connectivity index (χ3v) is 3.52. The summed E-state index contributed by atoms with van der Waals surface area (Å²) in [5.41, 5.74) is 2.99. The van der Waals surface area contributed by atoms with E-state index in [1.807, 2.05) is 30.6 Å². The van der Waals surface area contributed by atoms with E-state index in [1.54, 1.807) is 11.3 Å². The zero-order chi connectivity index (χ0) is 11.8. The number of thiophene rings is 1. The molecule has 0 bridgehead atoms. The first-order valence-corrected chi connectivity index (χ1v) is 6.43. The average molecular weight is 259 g/mol. The number of hydrogen-bond donors (Lipinski definition) is 1. The first-order valence-electron chi connectivity index (χ1n) is 5.14. The molecule has 0 amide bonds. The second-order valence-corrected chi connectivity index (χ2v) is 5.14. The van der Waals surface area contributed by atoms with Gasteiger partial charge in [-0.25, -0.2) is 4.98 Å². The predicted octanol–water partition coefficient (Wildman–Crippen LogP) is 3.72. The van der Waals surface area contributed by atoms with Gasteiger partial charge in [0, 0.05) is 17.5 Å². The van der Waals surface area contributed by atoms with Gasteiger partial charge in [0.05, 0.1) is 10.2 Å². The largest absolute Gasteiger partial charge is 0.343 e. The van der Waals surface area contributed by atoms with Crippen molar-refractivity contribution in [2.75, 3.05) is 0 Å². The zero-order valence-electron chi connectivity index (χ0n) is 9.10. The number of pyridine rings is 1. The molecule has 3 rings (SSSR count). The van der Waals surface area contributed by atoms with Crippen LogP contribution in [-0.2, 0) is 0 Å². The Labute approximate surface area is 107 Å². The second-order valence-electron chi connectivity index (χ2n) is 3.78. The molecule has 0 aliphatic heterocycles. The van der Waals surface area contributed by atoms with Crippen LogP contribution in [-0.4, -0.2) is 15.0 Å². The highest BCUT2D eigenvalue weighted by molar-refractivity contribution is 7.71. The highest BCUT2D eigenvalue weighted by Crippen LogP contribution is 2.23. The number of aromatic amines is 1. The first-order chi connectivity index (χ1) is 8.22. The predicted molar refractivity (Wildman–Crippen MR) is 72.8 cm³/mol. The van der Waals surface area contributed by atoms with E-state index in [9.17, 15) is 0 Å². The van der Waals surface area contributed by atoms with Crippen LogP contribution in [0, 0.1) is 11.6 Å². The lowest BCUT2D eigenvalue weighted by Crippen LogP contribution is -1.92. The Morgan fingerprint density at radius 1 is 1.35 bits per heavy atom. The van der Waals surface area contributed by atoms with Crippen molar-refractivity contribution >= 4 is 33.8 Å². The van der Waals surface area contributed by atoms with Crippen molar-refractivity contribution in [3.05, 3.63) is 40.1 Å². The third-order valence-electron chi connectivity index (χ3n) is 2.45. The normalized spacial score (nSPS) is 10.9. The lowest BCUT2D eigenvalue weighted by Gasteiger charge is -2.02. The van der Waals surface area contributed by atoms with Crippen molar-refractivity contribution in [1.29, 1.82) is 0 Å². The molecular weight excluding hydrogens is 250 g/mol. The Kier molecular flexibility index (Phi) is 2.49. The smallest absolute Gasteiger partial charge is 0.140 e. The molecule has 3 aromatic heterocycles. The summed E-state index contributed by atoms with van der Waals surface area (Å²) in [5.74, 6) is 0.776. The molecule has 3 aromatic rings. The van der Waals surface area contributed by atoms with Gasteiger partial charge in [-0.3, -0.25) is 4.98 Å². The highest BCUT2D eigenvalue weighted by Gasteiger charge is 2.04. The fourth-order valence-corrected chi connectivity index (χ4v) is 2.74. The summed E-state index contributed by atoms with van der Waals surface area (Å²) in [4.78, 5) is 11.9. The molecule has 1 N–H and O–H groups in total. The maximum atomic E-state index is 5.12. The van der Waals surface area contributed by atoms with Gasteiger partial charge in [0.1, 0.15) is 10.5 Å². The van der Waals surface area contributed by atoms with E-state index < -0.39 is 0 Å². The molecule has 3 heterocycles. The van der Waals surface area contributed by atoms with Gasteiger partial charge in [0.15, 0.2) is 0 Å². The van der Waals surface area contributed by atoms with Crippen LogP contribution in [0.4, 0.5) is 0 Å². The van der Waals surface area contributed by atoms with E-state index in [0.29, 0.717) is 4.64 Å². The number of aryl methyl sites for hydroxylation is 1. The Bertz CT molecular complexity index is 743. The highest BCUT2D eigenvalue weighted by atomic mass is 32.1. The van der Waals surface area contributed by atoms with Gasteiger partial charge in [-0.15, -0.1) is 11.3 Å². The lowest BCUT2D eigenvalue weighted by atomic mass is 10.2. The summed E-state index contributed by atoms with van der Waals surface area (Å²) >= 11 is 6.79. The number of aromatic nitrogens is 3. The number of nitrogens with one attached hydrogen (secondary N) is 1. The summed E-state index contributed by atoms with van der Waals surface area (Å²) in [6.07, 6.45) is 1.82. The molecule has 0 aliphatic carbocycles. The minimum Gasteiger partial charge on any atom is -0.343 e. The molecule has 84 valence electrons. The first kappa shape index (κ1) is 10.6. The summed E-state index contributed by atoms with van der Waals surface area (Å²) in [7, 11) is 0. The van der Waals surface area contributed by atoms with Gasteiger partial charge in [-0.2, -0.15) is 0 Å². The Balaban J connectivity index is 2.22. The number of rotatable bonds is 1. The molecule has 0 unspecified atom stereocenters. The summed E-state index contributed by atoms with van der Waals surface area (Å²) in [6.45, 7) is 1.97. The van der Waals surface area contributed by atoms with Crippen LogP contribution in [0.15, 0.2) is 29.8 Å². The molecule has 0 radical (unpaired) electrons. The molecule has 5 heteroatoms. The standard InChI is InChI=1S/C12H9N3S2/c1-7-4-11(16)15-12(14-7)8-5-10-9(13-6-8)2-3-17-10/h2-6H,1H3,(H,14,15,16). The van der Waals surface area contributed by atoms with Crippen molar-refractivity contribution < 1.29 is 0 Å². The lowest BCUT2D eigenvalue weighted by molar-refractivity contribution is 1.10. The van der Waals surface area contributed by atoms with Crippen LogP contribution in [0.2, 0.25) is 0 Å². The monoisotopic (exact) mass is 259 g/mol. The van der Waals surface area contributed by atoms with E-state index in [2.05, 4.69) is 21.0 Å². The quantitative estimate of drug-likeness (QED) is 0.677. The van der Waals surface area contributed by atoms with Crippen molar-refractivity contribution in [2.45, 2.75) is 6.92 Å². The fraction of sp³-hybridized carbons (Fsp3) is 0.0833. The zero-order valence-corrected chi connectivity index (χ0v) is 10.7. The number of fused-ring (bicyclic) bond motifs is 1. The Hall–Kier alpha value is -1.59. The van der Waals surface area contributed by atoms with Gasteiger partial charge < -0.3 is 4.98 Å². The average Bonchev–Trinajstić information content (AvgIpc) is 2.74. The molecule has 0 saturated heterocycles. The van der Waals surface area contributed by atoms with E-state index in [0.717, 1.165) is 27.3 Å². The third kappa shape index (κ3) is 1.99. The Morgan fingerprint density at radius 3 is 3.06 bits per heavy atom. The molecule has 0 spiro atoms. The number of hydrogen-bond acceptors (Lipinski definition) is 4. The SMILES string of the molecule is Cc1cc(=S)nc(-c2cnc3ccsc3c2)[nH]1. The van der Waals surface area contributed by atoms with Gasteiger partial charge in [0.2, 0.25) is 0 Å². The van der Waals surface area contributed by atoms with E-state index in [-0.39, 0.29) is 0 Å². The minimum atomic E-state index is 0.600. The van der Waals surface area contributed by atoms with Crippen LogP contribution < -0.4 is 0 Å². The van der Waals surface area contributed by atoms with E-state index >= 15 is 0 Å². The second kappa shape index (κ2) is 4.01. The molecule has 0 aliphatic rings. The number of nitrogens with zero attached hydrogens (tertiary/aromatic N) is 2. The van der Waals surface area contributed by atoms with Crippen molar-refractivity contribution in [3.8, 4) is 11.4 Å². The van der Waals surface area contributed by atoms with Crippen LogP contribution in [0.5, 0.6) is 0 Å². The van der Waals surface area contributed by atoms with Crippen molar-refractivity contribution in [1.82, 2.24) is 15.0 Å². The van der Waals surface area contributed by atoms with Crippen LogP contribution in [0.25, 0.3) is 21.6 Å².